The molecule has 0 saturated carbocycles. The second-order valence-electron chi connectivity index (χ2n) is 6.57. The fourth-order valence-corrected chi connectivity index (χ4v) is 3.83. The smallest absolute Gasteiger partial charge is 0.0401 e. The summed E-state index contributed by atoms with van der Waals surface area (Å²) >= 11 is 0. The lowest BCUT2D eigenvalue weighted by atomic mass is 9.92. The number of nitrogens with one attached hydrogen (secondary N) is 1. The van der Waals surface area contributed by atoms with Crippen molar-refractivity contribution in [2.24, 2.45) is 11.8 Å². The summed E-state index contributed by atoms with van der Waals surface area (Å²) in [5.74, 6) is 1.55. The maximum Gasteiger partial charge on any atom is 0.0401 e. The Kier molecular flexibility index (Phi) is 5.04. The highest BCUT2D eigenvalue weighted by Gasteiger charge is 2.32. The minimum absolute atomic E-state index is 0.525. The molecule has 0 bridgehead atoms. The number of hydrogen-bond donors (Lipinski definition) is 1. The Morgan fingerprint density at radius 1 is 1.29 bits per heavy atom. The Balaban J connectivity index is 1.53. The molecule has 1 aromatic heterocycles. The van der Waals surface area contributed by atoms with E-state index in [1.54, 1.807) is 0 Å². The number of hydrogen-bond acceptors (Lipinski definition) is 3. The minimum atomic E-state index is 0.525. The van der Waals surface area contributed by atoms with E-state index in [9.17, 15) is 0 Å². The van der Waals surface area contributed by atoms with Crippen LogP contribution in [0.3, 0.4) is 0 Å². The van der Waals surface area contributed by atoms with Gasteiger partial charge in [-0.1, -0.05) is 18.2 Å². The van der Waals surface area contributed by atoms with E-state index in [4.69, 9.17) is 0 Å². The van der Waals surface area contributed by atoms with Crippen molar-refractivity contribution in [2.45, 2.75) is 31.7 Å². The van der Waals surface area contributed by atoms with Gasteiger partial charge in [-0.05, 0) is 75.8 Å². The van der Waals surface area contributed by atoms with Gasteiger partial charge in [0.1, 0.15) is 0 Å². The Bertz CT molecular complexity index is 457. The predicted molar refractivity (Wildman–Crippen MR) is 87.1 cm³/mol. The number of aromatic nitrogens is 1. The maximum absolute atomic E-state index is 4.30. The van der Waals surface area contributed by atoms with Crippen molar-refractivity contribution in [3.05, 3.63) is 42.2 Å². The van der Waals surface area contributed by atoms with Gasteiger partial charge >= 0.3 is 0 Å². The summed E-state index contributed by atoms with van der Waals surface area (Å²) in [6.45, 7) is 3.49. The average Bonchev–Trinajstić information content (AvgIpc) is 2.90. The minimum Gasteiger partial charge on any atom is -0.316 e. The molecule has 1 saturated heterocycles. The van der Waals surface area contributed by atoms with Gasteiger partial charge in [0.15, 0.2) is 0 Å². The molecule has 3 nitrogen and oxygen atoms in total. The summed E-state index contributed by atoms with van der Waals surface area (Å²) in [6.07, 6.45) is 13.7. The molecule has 0 unspecified atom stereocenters. The van der Waals surface area contributed by atoms with Gasteiger partial charge in [-0.25, -0.2) is 0 Å². The standard InChI is InChI=1S/C18H27N3/c1-21-11-9-17(18(21)16-8-5-10-19-13-16)14-20-12-15-6-3-2-4-7-15/h2-3,5,8,10,13,15,17-18,20H,4,6-7,9,11-12,14H2,1H3/t15-,17-,18-/m0/s1. The molecule has 1 N–H and O–H groups in total. The van der Waals surface area contributed by atoms with Crippen molar-refractivity contribution in [3.8, 4) is 0 Å². The largest absolute Gasteiger partial charge is 0.316 e. The predicted octanol–water partition coefficient (Wildman–Crippen LogP) is 3.02. The van der Waals surface area contributed by atoms with Crippen molar-refractivity contribution in [3.63, 3.8) is 0 Å². The number of rotatable bonds is 5. The van der Waals surface area contributed by atoms with Crippen molar-refractivity contribution in [1.82, 2.24) is 15.2 Å². The van der Waals surface area contributed by atoms with Crippen LogP contribution in [0.25, 0.3) is 0 Å². The molecule has 0 spiro atoms. The van der Waals surface area contributed by atoms with E-state index in [2.05, 4.69) is 46.5 Å². The zero-order chi connectivity index (χ0) is 14.5. The first-order chi connectivity index (χ1) is 10.3. The van der Waals surface area contributed by atoms with E-state index in [1.165, 1.54) is 44.3 Å². The zero-order valence-corrected chi connectivity index (χ0v) is 13.0. The second kappa shape index (κ2) is 7.19. The first-order valence-corrected chi connectivity index (χ1v) is 8.30. The van der Waals surface area contributed by atoms with E-state index in [0.717, 1.165) is 12.5 Å². The molecule has 114 valence electrons. The number of nitrogens with zero attached hydrogens (tertiary/aromatic N) is 2. The normalized spacial score (nSPS) is 29.9. The SMILES string of the molecule is CN1CC[C@@H](CNC[C@H]2CC=CCC2)[C@@H]1c1cccnc1. The van der Waals surface area contributed by atoms with E-state index in [1.807, 2.05) is 12.4 Å². The quantitative estimate of drug-likeness (QED) is 0.843. The summed E-state index contributed by atoms with van der Waals surface area (Å²) in [4.78, 5) is 6.78. The fourth-order valence-electron chi connectivity index (χ4n) is 3.83. The Morgan fingerprint density at radius 3 is 3.00 bits per heavy atom. The number of pyridine rings is 1. The zero-order valence-electron chi connectivity index (χ0n) is 13.0. The summed E-state index contributed by atoms with van der Waals surface area (Å²) < 4.78 is 0. The van der Waals surface area contributed by atoms with E-state index in [0.29, 0.717) is 12.0 Å². The van der Waals surface area contributed by atoms with Crippen molar-refractivity contribution >= 4 is 0 Å². The van der Waals surface area contributed by atoms with Gasteiger partial charge in [0.25, 0.3) is 0 Å². The van der Waals surface area contributed by atoms with E-state index < -0.39 is 0 Å². The van der Waals surface area contributed by atoms with Gasteiger partial charge in [-0.15, -0.1) is 0 Å². The molecule has 3 heteroatoms. The molecule has 21 heavy (non-hydrogen) atoms. The second-order valence-corrected chi connectivity index (χ2v) is 6.57. The maximum atomic E-state index is 4.30. The third-order valence-electron chi connectivity index (χ3n) is 5.02. The highest BCUT2D eigenvalue weighted by Crippen LogP contribution is 2.35. The fraction of sp³-hybridized carbons (Fsp3) is 0.611. The van der Waals surface area contributed by atoms with Crippen molar-refractivity contribution < 1.29 is 0 Å². The van der Waals surface area contributed by atoms with Crippen LogP contribution >= 0.6 is 0 Å². The average molecular weight is 285 g/mol. The summed E-state index contributed by atoms with van der Waals surface area (Å²) in [7, 11) is 2.24. The molecule has 0 amide bonds. The topological polar surface area (TPSA) is 28.2 Å². The molecule has 1 aromatic rings. The molecular weight excluding hydrogens is 258 g/mol. The van der Waals surface area contributed by atoms with E-state index >= 15 is 0 Å². The van der Waals surface area contributed by atoms with Gasteiger partial charge in [0.05, 0.1) is 0 Å². The Hall–Kier alpha value is -1.19. The molecule has 1 aliphatic heterocycles. The van der Waals surface area contributed by atoms with Crippen LogP contribution in [0.1, 0.15) is 37.3 Å². The first-order valence-electron chi connectivity index (χ1n) is 8.30. The van der Waals surface area contributed by atoms with Crippen LogP contribution in [0.2, 0.25) is 0 Å². The molecule has 1 fully saturated rings. The summed E-state index contributed by atoms with van der Waals surface area (Å²) in [6, 6.07) is 4.80. The summed E-state index contributed by atoms with van der Waals surface area (Å²) in [5.41, 5.74) is 1.37. The highest BCUT2D eigenvalue weighted by atomic mass is 15.2. The van der Waals surface area contributed by atoms with Crippen LogP contribution in [-0.4, -0.2) is 36.6 Å². The van der Waals surface area contributed by atoms with Gasteiger partial charge in [-0.3, -0.25) is 9.88 Å². The molecule has 3 rings (SSSR count). The summed E-state index contributed by atoms with van der Waals surface area (Å²) in [5, 5.41) is 3.74. The third kappa shape index (κ3) is 3.72. The van der Waals surface area contributed by atoms with Crippen LogP contribution in [0.4, 0.5) is 0 Å². The van der Waals surface area contributed by atoms with Crippen molar-refractivity contribution in [2.75, 3.05) is 26.7 Å². The van der Waals surface area contributed by atoms with Crippen molar-refractivity contribution in [1.29, 1.82) is 0 Å². The van der Waals surface area contributed by atoms with E-state index in [-0.39, 0.29) is 0 Å². The van der Waals surface area contributed by atoms with Crippen LogP contribution < -0.4 is 5.32 Å². The number of likely N-dealkylation sites (tertiary alicyclic amines) is 1. The van der Waals surface area contributed by atoms with Gasteiger partial charge < -0.3 is 5.32 Å². The first kappa shape index (κ1) is 14.7. The monoisotopic (exact) mass is 285 g/mol. The third-order valence-corrected chi connectivity index (χ3v) is 5.02. The molecule has 3 atom stereocenters. The van der Waals surface area contributed by atoms with Crippen LogP contribution in [-0.2, 0) is 0 Å². The van der Waals surface area contributed by atoms with Crippen LogP contribution in [0, 0.1) is 11.8 Å². The lowest BCUT2D eigenvalue weighted by molar-refractivity contribution is 0.268. The van der Waals surface area contributed by atoms with Gasteiger partial charge in [0, 0.05) is 18.4 Å². The molecular formula is C18H27N3. The van der Waals surface area contributed by atoms with Gasteiger partial charge in [-0.2, -0.15) is 0 Å². The number of allylic oxidation sites excluding steroid dienone is 2. The molecule has 2 heterocycles. The Morgan fingerprint density at radius 2 is 2.24 bits per heavy atom. The van der Waals surface area contributed by atoms with Crippen LogP contribution in [0.15, 0.2) is 36.7 Å². The molecule has 1 aliphatic carbocycles. The lowest BCUT2D eigenvalue weighted by Gasteiger charge is -2.26. The van der Waals surface area contributed by atoms with Gasteiger partial charge in [0.2, 0.25) is 0 Å². The molecule has 2 aliphatic rings. The lowest BCUT2D eigenvalue weighted by Crippen LogP contribution is -2.31. The van der Waals surface area contributed by atoms with Crippen LogP contribution in [0.5, 0.6) is 0 Å². The molecule has 0 radical (unpaired) electrons. The Labute approximate surface area is 128 Å². The highest BCUT2D eigenvalue weighted by molar-refractivity contribution is 5.17. The molecule has 0 aromatic carbocycles.